The second kappa shape index (κ2) is 3.33. The van der Waals surface area contributed by atoms with Crippen LogP contribution in [0.15, 0.2) is 18.2 Å². The molecule has 0 saturated heterocycles. The Hall–Kier alpha value is -1.51. The van der Waals surface area contributed by atoms with E-state index in [0.29, 0.717) is 11.5 Å². The van der Waals surface area contributed by atoms with E-state index in [4.69, 9.17) is 5.73 Å². The van der Waals surface area contributed by atoms with Crippen LogP contribution in [0, 0.1) is 0 Å². The van der Waals surface area contributed by atoms with Crippen molar-refractivity contribution in [2.24, 2.45) is 5.73 Å². The van der Waals surface area contributed by atoms with Gasteiger partial charge in [0.25, 0.3) is 0 Å². The van der Waals surface area contributed by atoms with Crippen molar-refractivity contribution in [3.05, 3.63) is 29.3 Å². The number of benzene rings is 1. The molecule has 1 aromatic rings. The molecule has 0 bridgehead atoms. The number of rotatable bonds is 2. The van der Waals surface area contributed by atoms with Gasteiger partial charge in [-0.1, -0.05) is 12.5 Å². The maximum atomic E-state index is 11.1. The van der Waals surface area contributed by atoms with E-state index in [0.717, 1.165) is 18.4 Å². The Kier molecular flexibility index (Phi) is 2.15. The maximum absolute atomic E-state index is 11.1. The van der Waals surface area contributed by atoms with Crippen LogP contribution in [-0.2, 0) is 0 Å². The molecule has 0 aliphatic heterocycles. The summed E-state index contributed by atoms with van der Waals surface area (Å²) in [6, 6.07) is 4.87. The Morgan fingerprint density at radius 1 is 1.43 bits per heavy atom. The molecule has 1 aliphatic carbocycles. The van der Waals surface area contributed by atoms with Gasteiger partial charge < -0.3 is 10.8 Å². The summed E-state index contributed by atoms with van der Waals surface area (Å²) >= 11 is 0. The molecule has 3 nitrogen and oxygen atoms in total. The standard InChI is InChI=1S/C11H13NO2/c12-11(14)10-6-8(13)4-5-9(10)7-2-1-3-7/h4-7,13H,1-3H2,(H2,12,14). The Labute approximate surface area is 82.5 Å². The topological polar surface area (TPSA) is 63.3 Å². The van der Waals surface area contributed by atoms with E-state index in [1.807, 2.05) is 0 Å². The first-order valence-electron chi connectivity index (χ1n) is 4.81. The number of amides is 1. The minimum absolute atomic E-state index is 0.0990. The molecule has 0 aromatic heterocycles. The van der Waals surface area contributed by atoms with Crippen molar-refractivity contribution >= 4 is 5.91 Å². The highest BCUT2D eigenvalue weighted by atomic mass is 16.3. The minimum atomic E-state index is -0.456. The predicted molar refractivity (Wildman–Crippen MR) is 53.2 cm³/mol. The lowest BCUT2D eigenvalue weighted by molar-refractivity contribution is 0.0998. The van der Waals surface area contributed by atoms with Gasteiger partial charge in [0.15, 0.2) is 0 Å². The second-order valence-corrected chi connectivity index (χ2v) is 3.76. The fraction of sp³-hybridized carbons (Fsp3) is 0.364. The number of hydrogen-bond donors (Lipinski definition) is 2. The van der Waals surface area contributed by atoms with Gasteiger partial charge in [-0.25, -0.2) is 0 Å². The number of hydrogen-bond acceptors (Lipinski definition) is 2. The highest BCUT2D eigenvalue weighted by Crippen LogP contribution is 2.38. The third kappa shape index (κ3) is 1.45. The van der Waals surface area contributed by atoms with Gasteiger partial charge in [0.1, 0.15) is 5.75 Å². The monoisotopic (exact) mass is 191 g/mol. The first-order valence-corrected chi connectivity index (χ1v) is 4.81. The van der Waals surface area contributed by atoms with Gasteiger partial charge in [-0.3, -0.25) is 4.79 Å². The number of phenols is 1. The number of primary amides is 1. The molecule has 2 rings (SSSR count). The summed E-state index contributed by atoms with van der Waals surface area (Å²) in [5.41, 5.74) is 6.70. The summed E-state index contributed by atoms with van der Waals surface area (Å²) in [5.74, 6) is 0.0998. The lowest BCUT2D eigenvalue weighted by Crippen LogP contribution is -2.18. The Balaban J connectivity index is 2.41. The second-order valence-electron chi connectivity index (χ2n) is 3.76. The molecule has 0 heterocycles. The van der Waals surface area contributed by atoms with E-state index < -0.39 is 5.91 Å². The van der Waals surface area contributed by atoms with Crippen molar-refractivity contribution in [1.82, 2.24) is 0 Å². The zero-order valence-corrected chi connectivity index (χ0v) is 7.86. The van der Waals surface area contributed by atoms with E-state index in [1.165, 1.54) is 12.5 Å². The number of aromatic hydroxyl groups is 1. The molecule has 3 heteroatoms. The summed E-state index contributed by atoms with van der Waals surface area (Å²) < 4.78 is 0. The highest BCUT2D eigenvalue weighted by molar-refractivity contribution is 5.95. The number of carbonyl (C=O) groups excluding carboxylic acids is 1. The minimum Gasteiger partial charge on any atom is -0.508 e. The first-order chi connectivity index (χ1) is 6.68. The fourth-order valence-electron chi connectivity index (χ4n) is 1.83. The molecular formula is C11H13NO2. The van der Waals surface area contributed by atoms with E-state index in [-0.39, 0.29) is 5.75 Å². The largest absolute Gasteiger partial charge is 0.508 e. The summed E-state index contributed by atoms with van der Waals surface area (Å²) in [6.45, 7) is 0. The van der Waals surface area contributed by atoms with Crippen LogP contribution in [0.1, 0.15) is 41.1 Å². The van der Waals surface area contributed by atoms with Crippen LogP contribution in [-0.4, -0.2) is 11.0 Å². The Morgan fingerprint density at radius 3 is 2.64 bits per heavy atom. The van der Waals surface area contributed by atoms with Crippen molar-refractivity contribution < 1.29 is 9.90 Å². The Morgan fingerprint density at radius 2 is 2.14 bits per heavy atom. The van der Waals surface area contributed by atoms with Gasteiger partial charge in [0, 0.05) is 5.56 Å². The average molecular weight is 191 g/mol. The van der Waals surface area contributed by atoms with E-state index in [2.05, 4.69) is 0 Å². The van der Waals surface area contributed by atoms with Gasteiger partial charge in [-0.15, -0.1) is 0 Å². The van der Waals surface area contributed by atoms with Gasteiger partial charge in [-0.2, -0.15) is 0 Å². The van der Waals surface area contributed by atoms with Crippen LogP contribution in [0.3, 0.4) is 0 Å². The number of carbonyl (C=O) groups is 1. The number of nitrogens with two attached hydrogens (primary N) is 1. The Bertz CT molecular complexity index is 370. The summed E-state index contributed by atoms with van der Waals surface area (Å²) in [6.07, 6.45) is 3.44. The third-order valence-electron chi connectivity index (χ3n) is 2.85. The maximum Gasteiger partial charge on any atom is 0.249 e. The van der Waals surface area contributed by atoms with Gasteiger partial charge in [0.05, 0.1) is 0 Å². The number of phenolic OH excluding ortho intramolecular Hbond substituents is 1. The quantitative estimate of drug-likeness (QED) is 0.748. The van der Waals surface area contributed by atoms with Gasteiger partial charge >= 0.3 is 0 Å². The average Bonchev–Trinajstić information content (AvgIpc) is 2.04. The van der Waals surface area contributed by atoms with E-state index >= 15 is 0 Å². The van der Waals surface area contributed by atoms with Crippen LogP contribution >= 0.6 is 0 Å². The van der Waals surface area contributed by atoms with Crippen molar-refractivity contribution in [1.29, 1.82) is 0 Å². The predicted octanol–water partition coefficient (Wildman–Crippen LogP) is 1.76. The summed E-state index contributed by atoms with van der Waals surface area (Å²) in [7, 11) is 0. The third-order valence-corrected chi connectivity index (χ3v) is 2.85. The van der Waals surface area contributed by atoms with Crippen LogP contribution in [0.2, 0.25) is 0 Å². The molecule has 1 amide bonds. The molecular weight excluding hydrogens is 178 g/mol. The lowest BCUT2D eigenvalue weighted by Gasteiger charge is -2.27. The molecule has 0 spiro atoms. The van der Waals surface area contributed by atoms with Crippen molar-refractivity contribution in [2.75, 3.05) is 0 Å². The molecule has 1 aliphatic rings. The molecule has 1 fully saturated rings. The van der Waals surface area contributed by atoms with Crippen molar-refractivity contribution in [3.8, 4) is 5.75 Å². The highest BCUT2D eigenvalue weighted by Gasteiger charge is 2.23. The molecule has 0 atom stereocenters. The van der Waals surface area contributed by atoms with Crippen LogP contribution < -0.4 is 5.73 Å². The summed E-state index contributed by atoms with van der Waals surface area (Å²) in [5, 5.41) is 9.25. The lowest BCUT2D eigenvalue weighted by atomic mass is 9.78. The van der Waals surface area contributed by atoms with E-state index in [9.17, 15) is 9.90 Å². The summed E-state index contributed by atoms with van der Waals surface area (Å²) in [4.78, 5) is 11.1. The SMILES string of the molecule is NC(=O)c1cc(O)ccc1C1CCC1. The molecule has 74 valence electrons. The molecule has 1 aromatic carbocycles. The molecule has 3 N–H and O–H groups in total. The zero-order chi connectivity index (χ0) is 10.1. The zero-order valence-electron chi connectivity index (χ0n) is 7.86. The normalized spacial score (nSPS) is 16.3. The van der Waals surface area contributed by atoms with Crippen molar-refractivity contribution in [3.63, 3.8) is 0 Å². The van der Waals surface area contributed by atoms with Gasteiger partial charge in [0.2, 0.25) is 5.91 Å². The van der Waals surface area contributed by atoms with Crippen molar-refractivity contribution in [2.45, 2.75) is 25.2 Å². The molecule has 1 saturated carbocycles. The van der Waals surface area contributed by atoms with E-state index in [1.54, 1.807) is 12.1 Å². The molecule has 0 unspecified atom stereocenters. The van der Waals surface area contributed by atoms with Crippen LogP contribution in [0.5, 0.6) is 5.75 Å². The first kappa shape index (κ1) is 9.06. The van der Waals surface area contributed by atoms with Crippen LogP contribution in [0.25, 0.3) is 0 Å². The molecule has 14 heavy (non-hydrogen) atoms. The fourth-order valence-corrected chi connectivity index (χ4v) is 1.83. The van der Waals surface area contributed by atoms with Crippen LogP contribution in [0.4, 0.5) is 0 Å². The smallest absolute Gasteiger partial charge is 0.249 e. The molecule has 0 radical (unpaired) electrons. The van der Waals surface area contributed by atoms with Gasteiger partial charge in [-0.05, 0) is 36.5 Å².